The fourth-order valence-corrected chi connectivity index (χ4v) is 3.54. The maximum Gasteiger partial charge on any atom is 0.387 e. The van der Waals surface area contributed by atoms with Gasteiger partial charge in [0.25, 0.3) is 0 Å². The number of hydrogen-bond acceptors (Lipinski definition) is 3. The summed E-state index contributed by atoms with van der Waals surface area (Å²) >= 11 is 0. The summed E-state index contributed by atoms with van der Waals surface area (Å²) in [5.41, 5.74) is 0.881. The summed E-state index contributed by atoms with van der Waals surface area (Å²) in [4.78, 5) is 16.3. The van der Waals surface area contributed by atoms with Crippen LogP contribution in [0.2, 0.25) is 0 Å². The fraction of sp³-hybridized carbons (Fsp3) is 0.632. The highest BCUT2D eigenvalue weighted by molar-refractivity contribution is 5.78. The molecule has 1 amide bonds. The average Bonchev–Trinajstić information content (AvgIpc) is 2.56. The topological polar surface area (TPSA) is 32.8 Å². The second kappa shape index (κ2) is 9.13. The Kier molecular flexibility index (Phi) is 7.17. The number of hydrogen-bond donors (Lipinski definition) is 0. The van der Waals surface area contributed by atoms with E-state index in [4.69, 9.17) is 0 Å². The van der Waals surface area contributed by atoms with E-state index in [1.54, 1.807) is 24.1 Å². The van der Waals surface area contributed by atoms with Crippen molar-refractivity contribution in [3.05, 3.63) is 29.8 Å². The SMILES string of the molecule is CC1CCCCC1N(C)CC(=O)N(C)Cc1ccc(OC(F)F)cc1. The van der Waals surface area contributed by atoms with Crippen molar-refractivity contribution in [1.82, 2.24) is 9.80 Å². The third kappa shape index (κ3) is 5.96. The number of nitrogens with zero attached hydrogens (tertiary/aromatic N) is 2. The van der Waals surface area contributed by atoms with Gasteiger partial charge in [-0.1, -0.05) is 31.9 Å². The smallest absolute Gasteiger partial charge is 0.387 e. The lowest BCUT2D eigenvalue weighted by molar-refractivity contribution is -0.132. The van der Waals surface area contributed by atoms with Gasteiger partial charge >= 0.3 is 6.61 Å². The van der Waals surface area contributed by atoms with Crippen LogP contribution in [0.5, 0.6) is 5.75 Å². The van der Waals surface area contributed by atoms with Crippen LogP contribution in [-0.2, 0) is 11.3 Å². The molecule has 0 heterocycles. The molecule has 1 aliphatic rings. The first-order chi connectivity index (χ1) is 11.9. The lowest BCUT2D eigenvalue weighted by Gasteiger charge is -2.36. The Balaban J connectivity index is 1.85. The molecule has 25 heavy (non-hydrogen) atoms. The van der Waals surface area contributed by atoms with Crippen molar-refractivity contribution in [2.45, 2.75) is 51.8 Å². The molecule has 2 unspecified atom stereocenters. The predicted octanol–water partition coefficient (Wildman–Crippen LogP) is 3.76. The molecule has 1 aliphatic carbocycles. The van der Waals surface area contributed by atoms with Crippen molar-refractivity contribution in [2.75, 3.05) is 20.6 Å². The fourth-order valence-electron chi connectivity index (χ4n) is 3.54. The Hall–Kier alpha value is -1.69. The average molecular weight is 354 g/mol. The van der Waals surface area contributed by atoms with Gasteiger partial charge in [-0.05, 0) is 43.5 Å². The van der Waals surface area contributed by atoms with E-state index in [9.17, 15) is 13.6 Å². The Morgan fingerprint density at radius 3 is 2.44 bits per heavy atom. The number of alkyl halides is 2. The van der Waals surface area contributed by atoms with Gasteiger partial charge in [0.1, 0.15) is 5.75 Å². The van der Waals surface area contributed by atoms with Gasteiger partial charge in [0, 0.05) is 19.6 Å². The molecule has 0 saturated heterocycles. The number of halogens is 2. The Labute approximate surface area is 148 Å². The highest BCUT2D eigenvalue weighted by Gasteiger charge is 2.26. The molecule has 0 N–H and O–H groups in total. The molecule has 0 bridgehead atoms. The number of carbonyl (C=O) groups excluding carboxylic acids is 1. The van der Waals surface area contributed by atoms with Crippen LogP contribution >= 0.6 is 0 Å². The van der Waals surface area contributed by atoms with Gasteiger partial charge in [-0.3, -0.25) is 9.69 Å². The van der Waals surface area contributed by atoms with Gasteiger partial charge in [0.2, 0.25) is 5.91 Å². The molecule has 0 aromatic heterocycles. The summed E-state index contributed by atoms with van der Waals surface area (Å²) in [6, 6.07) is 6.87. The first kappa shape index (κ1) is 19.6. The second-order valence-electron chi connectivity index (χ2n) is 7.02. The number of ether oxygens (including phenoxy) is 1. The molecular weight excluding hydrogens is 326 g/mol. The summed E-state index contributed by atoms with van der Waals surface area (Å²) in [6.07, 6.45) is 4.90. The lowest BCUT2D eigenvalue weighted by Crippen LogP contribution is -2.44. The Bertz CT molecular complexity index is 551. The van der Waals surface area contributed by atoms with Crippen LogP contribution in [0.3, 0.4) is 0 Å². The number of likely N-dealkylation sites (N-methyl/N-ethyl adjacent to an activating group) is 2. The van der Waals surface area contributed by atoms with E-state index in [1.165, 1.54) is 31.4 Å². The van der Waals surface area contributed by atoms with E-state index in [0.717, 1.165) is 12.0 Å². The van der Waals surface area contributed by atoms with Crippen molar-refractivity contribution in [2.24, 2.45) is 5.92 Å². The van der Waals surface area contributed by atoms with Crippen LogP contribution in [0, 0.1) is 5.92 Å². The van der Waals surface area contributed by atoms with Gasteiger partial charge in [0.15, 0.2) is 0 Å². The van der Waals surface area contributed by atoms with Crippen molar-refractivity contribution in [3.8, 4) is 5.75 Å². The zero-order valence-corrected chi connectivity index (χ0v) is 15.3. The van der Waals surface area contributed by atoms with Crippen molar-refractivity contribution >= 4 is 5.91 Å². The predicted molar refractivity (Wildman–Crippen MR) is 93.6 cm³/mol. The second-order valence-corrected chi connectivity index (χ2v) is 7.02. The van der Waals surface area contributed by atoms with E-state index in [0.29, 0.717) is 25.0 Å². The zero-order valence-electron chi connectivity index (χ0n) is 15.3. The van der Waals surface area contributed by atoms with Gasteiger partial charge in [-0.2, -0.15) is 8.78 Å². The lowest BCUT2D eigenvalue weighted by atomic mass is 9.85. The minimum atomic E-state index is -2.83. The number of carbonyl (C=O) groups is 1. The third-order valence-corrected chi connectivity index (χ3v) is 5.01. The van der Waals surface area contributed by atoms with E-state index < -0.39 is 6.61 Å². The molecule has 4 nitrogen and oxygen atoms in total. The van der Waals surface area contributed by atoms with Crippen LogP contribution in [0.15, 0.2) is 24.3 Å². The molecule has 140 valence electrons. The van der Waals surface area contributed by atoms with Crippen LogP contribution in [0.25, 0.3) is 0 Å². The standard InChI is InChI=1S/C19H28F2N2O2/c1-14-6-4-5-7-17(14)22(2)13-18(24)23(3)12-15-8-10-16(11-9-15)25-19(20)21/h8-11,14,17,19H,4-7,12-13H2,1-3H3. The number of amides is 1. The third-order valence-electron chi connectivity index (χ3n) is 5.01. The molecule has 1 saturated carbocycles. The maximum atomic E-state index is 12.5. The van der Waals surface area contributed by atoms with Crippen LogP contribution in [0.1, 0.15) is 38.2 Å². The molecular formula is C19H28F2N2O2. The summed E-state index contributed by atoms with van der Waals surface area (Å²) in [5.74, 6) is 0.811. The van der Waals surface area contributed by atoms with Gasteiger partial charge < -0.3 is 9.64 Å². The minimum absolute atomic E-state index is 0.0631. The monoisotopic (exact) mass is 354 g/mol. The minimum Gasteiger partial charge on any atom is -0.435 e. The number of benzene rings is 1. The van der Waals surface area contributed by atoms with Crippen LogP contribution in [0.4, 0.5) is 8.78 Å². The quantitative estimate of drug-likeness (QED) is 0.747. The highest BCUT2D eigenvalue weighted by atomic mass is 19.3. The maximum absolute atomic E-state index is 12.5. The molecule has 1 aromatic carbocycles. The first-order valence-electron chi connectivity index (χ1n) is 8.84. The van der Waals surface area contributed by atoms with Crippen molar-refractivity contribution < 1.29 is 18.3 Å². The molecule has 1 aromatic rings. The molecule has 6 heteroatoms. The van der Waals surface area contributed by atoms with Gasteiger partial charge in [-0.25, -0.2) is 0 Å². The van der Waals surface area contributed by atoms with E-state index in [2.05, 4.69) is 16.6 Å². The summed E-state index contributed by atoms with van der Waals surface area (Å²) in [5, 5.41) is 0. The molecule has 0 aliphatic heterocycles. The van der Waals surface area contributed by atoms with Crippen molar-refractivity contribution in [3.63, 3.8) is 0 Å². The molecule has 1 fully saturated rings. The van der Waals surface area contributed by atoms with Gasteiger partial charge in [0.05, 0.1) is 6.54 Å². The molecule has 2 atom stereocenters. The van der Waals surface area contributed by atoms with E-state index in [1.807, 2.05) is 7.05 Å². The van der Waals surface area contributed by atoms with Crippen LogP contribution in [-0.4, -0.2) is 49.0 Å². The van der Waals surface area contributed by atoms with E-state index in [-0.39, 0.29) is 11.7 Å². The molecule has 0 radical (unpaired) electrons. The number of rotatable bonds is 7. The normalized spacial score (nSPS) is 20.8. The Morgan fingerprint density at radius 1 is 1.20 bits per heavy atom. The van der Waals surface area contributed by atoms with Gasteiger partial charge in [-0.15, -0.1) is 0 Å². The summed E-state index contributed by atoms with van der Waals surface area (Å²) in [7, 11) is 3.79. The summed E-state index contributed by atoms with van der Waals surface area (Å²) in [6.45, 7) is 0.283. The highest BCUT2D eigenvalue weighted by Crippen LogP contribution is 2.27. The largest absolute Gasteiger partial charge is 0.435 e. The first-order valence-corrected chi connectivity index (χ1v) is 8.84. The van der Waals surface area contributed by atoms with Crippen LogP contribution < -0.4 is 4.74 Å². The summed E-state index contributed by atoms with van der Waals surface area (Å²) < 4.78 is 28.7. The van der Waals surface area contributed by atoms with Crippen molar-refractivity contribution in [1.29, 1.82) is 0 Å². The molecule has 0 spiro atoms. The molecule has 2 rings (SSSR count). The van der Waals surface area contributed by atoms with E-state index >= 15 is 0 Å². The Morgan fingerprint density at radius 2 is 1.84 bits per heavy atom. The zero-order chi connectivity index (χ0) is 18.4.